The molecule has 1 saturated heterocycles. The van der Waals surface area contributed by atoms with Gasteiger partial charge in [0, 0.05) is 36.2 Å². The van der Waals surface area contributed by atoms with Gasteiger partial charge in [0.15, 0.2) is 5.78 Å². The highest BCUT2D eigenvalue weighted by atomic mass is 19.1. The number of ketones is 1. The number of benzene rings is 2. The summed E-state index contributed by atoms with van der Waals surface area (Å²) in [5.41, 5.74) is 3.02. The molecule has 146 valence electrons. The molecular weight excluding hydrogens is 355 g/mol. The molecule has 1 unspecified atom stereocenters. The third kappa shape index (κ3) is 3.49. The first kappa shape index (κ1) is 18.5. The predicted molar refractivity (Wildman–Crippen MR) is 109 cm³/mol. The lowest BCUT2D eigenvalue weighted by molar-refractivity contribution is 0.0964. The van der Waals surface area contributed by atoms with Crippen molar-refractivity contribution in [3.63, 3.8) is 0 Å². The van der Waals surface area contributed by atoms with E-state index in [0.717, 1.165) is 31.7 Å². The van der Waals surface area contributed by atoms with Gasteiger partial charge >= 0.3 is 0 Å². The molecule has 1 aliphatic heterocycles. The molecule has 0 spiro atoms. The van der Waals surface area contributed by atoms with Crippen molar-refractivity contribution in [2.75, 3.05) is 25.2 Å². The molecule has 1 aromatic heterocycles. The largest absolute Gasteiger partial charge is 0.497 e. The molecule has 0 amide bonds. The summed E-state index contributed by atoms with van der Waals surface area (Å²) in [6.07, 6.45) is 2.41. The van der Waals surface area contributed by atoms with E-state index in [1.807, 2.05) is 6.07 Å². The molecule has 0 radical (unpaired) electrons. The van der Waals surface area contributed by atoms with E-state index < -0.39 is 0 Å². The Kier molecular flexibility index (Phi) is 5.07. The average molecular weight is 380 g/mol. The smallest absolute Gasteiger partial charge is 0.163 e. The number of Topliss-reactive ketones (excluding diaryl/α,β-unsaturated/α-hetero) is 1. The minimum absolute atomic E-state index is 0.0877. The predicted octanol–water partition coefficient (Wildman–Crippen LogP) is 4.58. The second kappa shape index (κ2) is 7.66. The second-order valence-electron chi connectivity index (χ2n) is 7.43. The van der Waals surface area contributed by atoms with E-state index in [0.29, 0.717) is 17.9 Å². The molecular formula is C23H25FN2O2. The van der Waals surface area contributed by atoms with Gasteiger partial charge < -0.3 is 9.75 Å². The zero-order chi connectivity index (χ0) is 19.7. The number of nitrogens with zero attached hydrogens (tertiary/aromatic N) is 2. The second-order valence-corrected chi connectivity index (χ2v) is 7.43. The number of methoxy groups -OCH3 is 1. The van der Waals surface area contributed by atoms with Gasteiger partial charge in [-0.15, -0.1) is 0 Å². The van der Waals surface area contributed by atoms with E-state index in [1.165, 1.54) is 28.7 Å². The molecule has 4 nitrogen and oxygen atoms in total. The van der Waals surface area contributed by atoms with Gasteiger partial charge in [-0.25, -0.2) is 4.39 Å². The number of halogens is 1. The number of rotatable bonds is 6. The van der Waals surface area contributed by atoms with Gasteiger partial charge in [0.1, 0.15) is 11.6 Å². The van der Waals surface area contributed by atoms with Gasteiger partial charge in [-0.05, 0) is 67.3 Å². The molecule has 0 aliphatic carbocycles. The molecule has 4 rings (SSSR count). The first-order valence-corrected chi connectivity index (χ1v) is 9.81. The Balaban J connectivity index is 1.52. The van der Waals surface area contributed by atoms with Crippen molar-refractivity contribution in [2.24, 2.45) is 5.92 Å². The molecule has 1 atom stereocenters. The lowest BCUT2D eigenvalue weighted by Gasteiger charge is -2.24. The standard InChI is InChI=1S/C23H25FN2O2/c1-3-20-13-18-14-21(28-2)8-9-22(18)26(20)25-11-10-16(15-25)12-23(27)17-4-6-19(24)7-5-17/h4-9,13-14,16H,3,10-12,15H2,1-2H3. The van der Waals surface area contributed by atoms with Crippen LogP contribution in [0.15, 0.2) is 48.5 Å². The number of carbonyl (C=O) groups excluding carboxylic acids is 1. The van der Waals surface area contributed by atoms with Crippen LogP contribution in [0, 0.1) is 11.7 Å². The Hall–Kier alpha value is -2.82. The van der Waals surface area contributed by atoms with Crippen LogP contribution < -0.4 is 9.75 Å². The van der Waals surface area contributed by atoms with Gasteiger partial charge in [-0.2, -0.15) is 0 Å². The molecule has 5 heteroatoms. The highest BCUT2D eigenvalue weighted by Crippen LogP contribution is 2.28. The van der Waals surface area contributed by atoms with Crippen LogP contribution in [0.25, 0.3) is 10.9 Å². The summed E-state index contributed by atoms with van der Waals surface area (Å²) < 4.78 is 20.7. The van der Waals surface area contributed by atoms with E-state index >= 15 is 0 Å². The van der Waals surface area contributed by atoms with Crippen molar-refractivity contribution in [1.29, 1.82) is 0 Å². The third-order valence-electron chi connectivity index (χ3n) is 5.61. The third-order valence-corrected chi connectivity index (χ3v) is 5.61. The number of aromatic nitrogens is 1. The van der Waals surface area contributed by atoms with Crippen molar-refractivity contribution in [2.45, 2.75) is 26.2 Å². The Morgan fingerprint density at radius 3 is 2.68 bits per heavy atom. The molecule has 0 bridgehead atoms. The van der Waals surface area contributed by atoms with Crippen LogP contribution >= 0.6 is 0 Å². The number of ether oxygens (including phenoxy) is 1. The molecule has 2 heterocycles. The summed E-state index contributed by atoms with van der Waals surface area (Å²) >= 11 is 0. The SMILES string of the molecule is CCc1cc2cc(OC)ccc2n1N1CCC(CC(=O)c2ccc(F)cc2)C1. The molecule has 1 aliphatic rings. The molecule has 3 aromatic rings. The molecule has 0 N–H and O–H groups in total. The molecule has 28 heavy (non-hydrogen) atoms. The van der Waals surface area contributed by atoms with Crippen molar-refractivity contribution in [1.82, 2.24) is 4.68 Å². The summed E-state index contributed by atoms with van der Waals surface area (Å²) in [7, 11) is 1.68. The minimum atomic E-state index is -0.313. The number of carbonyl (C=O) groups is 1. The van der Waals surface area contributed by atoms with Crippen molar-refractivity contribution >= 4 is 16.7 Å². The summed E-state index contributed by atoms with van der Waals surface area (Å²) in [5, 5.41) is 3.51. The van der Waals surface area contributed by atoms with Crippen LogP contribution in [0.4, 0.5) is 4.39 Å². The monoisotopic (exact) mass is 380 g/mol. The molecule has 0 saturated carbocycles. The number of hydrogen-bond donors (Lipinski definition) is 0. The Morgan fingerprint density at radius 1 is 1.18 bits per heavy atom. The Morgan fingerprint density at radius 2 is 1.96 bits per heavy atom. The van der Waals surface area contributed by atoms with Crippen molar-refractivity contribution in [3.8, 4) is 5.75 Å². The maximum atomic E-state index is 13.1. The Labute approximate surface area is 164 Å². The first-order chi connectivity index (χ1) is 13.6. The summed E-state index contributed by atoms with van der Waals surface area (Å²) in [6.45, 7) is 3.92. The summed E-state index contributed by atoms with van der Waals surface area (Å²) in [4.78, 5) is 12.5. The van der Waals surface area contributed by atoms with Crippen LogP contribution in [0.1, 0.15) is 35.8 Å². The van der Waals surface area contributed by atoms with Crippen molar-refractivity contribution < 1.29 is 13.9 Å². The van der Waals surface area contributed by atoms with Gasteiger partial charge in [0.05, 0.1) is 12.6 Å². The van der Waals surface area contributed by atoms with Crippen LogP contribution in [-0.4, -0.2) is 30.7 Å². The van der Waals surface area contributed by atoms with Gasteiger partial charge in [-0.3, -0.25) is 9.47 Å². The Bertz CT molecular complexity index is 994. The van der Waals surface area contributed by atoms with Gasteiger partial charge in [0.25, 0.3) is 0 Å². The maximum absolute atomic E-state index is 13.1. The van der Waals surface area contributed by atoms with Crippen LogP contribution in [-0.2, 0) is 6.42 Å². The molecule has 1 fully saturated rings. The zero-order valence-electron chi connectivity index (χ0n) is 16.3. The lowest BCUT2D eigenvalue weighted by Crippen LogP contribution is -2.33. The fraction of sp³-hybridized carbons (Fsp3) is 0.348. The highest BCUT2D eigenvalue weighted by molar-refractivity contribution is 5.96. The number of hydrogen-bond acceptors (Lipinski definition) is 3. The summed E-state index contributed by atoms with van der Waals surface area (Å²) in [5.74, 6) is 0.936. The first-order valence-electron chi connectivity index (χ1n) is 9.81. The van der Waals surface area contributed by atoms with Crippen LogP contribution in [0.2, 0.25) is 0 Å². The summed E-state index contributed by atoms with van der Waals surface area (Å²) in [6, 6.07) is 14.2. The van der Waals surface area contributed by atoms with E-state index in [2.05, 4.69) is 34.8 Å². The van der Waals surface area contributed by atoms with E-state index in [4.69, 9.17) is 4.74 Å². The van der Waals surface area contributed by atoms with Crippen LogP contribution in [0.3, 0.4) is 0 Å². The topological polar surface area (TPSA) is 34.5 Å². The average Bonchev–Trinajstić information content (AvgIpc) is 3.31. The van der Waals surface area contributed by atoms with E-state index in [9.17, 15) is 9.18 Å². The number of fused-ring (bicyclic) bond motifs is 1. The quantitative estimate of drug-likeness (QED) is 0.587. The zero-order valence-corrected chi connectivity index (χ0v) is 16.3. The minimum Gasteiger partial charge on any atom is -0.497 e. The van der Waals surface area contributed by atoms with E-state index in [1.54, 1.807) is 19.2 Å². The molecule has 2 aromatic carbocycles. The van der Waals surface area contributed by atoms with Crippen molar-refractivity contribution in [3.05, 3.63) is 65.6 Å². The van der Waals surface area contributed by atoms with Gasteiger partial charge in [0.2, 0.25) is 0 Å². The fourth-order valence-corrected chi connectivity index (χ4v) is 4.13. The fourth-order valence-electron chi connectivity index (χ4n) is 4.13. The normalized spacial score (nSPS) is 16.7. The highest BCUT2D eigenvalue weighted by Gasteiger charge is 2.27. The van der Waals surface area contributed by atoms with Gasteiger partial charge in [-0.1, -0.05) is 6.92 Å². The lowest BCUT2D eigenvalue weighted by atomic mass is 9.98. The van der Waals surface area contributed by atoms with E-state index in [-0.39, 0.29) is 11.6 Å². The number of aryl methyl sites for hydroxylation is 1. The van der Waals surface area contributed by atoms with Crippen LogP contribution in [0.5, 0.6) is 5.75 Å². The maximum Gasteiger partial charge on any atom is 0.163 e.